The van der Waals surface area contributed by atoms with E-state index >= 15 is 0 Å². The quantitative estimate of drug-likeness (QED) is 0.471. The third-order valence-electron chi connectivity index (χ3n) is 3.18. The van der Waals surface area contributed by atoms with E-state index in [9.17, 15) is 14.9 Å². The number of thioether (sulfide) groups is 1. The molecule has 1 saturated carbocycles. The molecule has 0 spiro atoms. The SMILES string of the molecule is O=Cc1cc(SC2CCCCC2)ccc1[N+](=O)[O-]. The number of benzene rings is 1. The van der Waals surface area contributed by atoms with Crippen molar-refractivity contribution in [1.29, 1.82) is 0 Å². The number of rotatable bonds is 4. The second-order valence-electron chi connectivity index (χ2n) is 4.47. The zero-order chi connectivity index (χ0) is 13.0. The summed E-state index contributed by atoms with van der Waals surface area (Å²) in [6.45, 7) is 0. The highest BCUT2D eigenvalue weighted by molar-refractivity contribution is 8.00. The van der Waals surface area contributed by atoms with Crippen molar-refractivity contribution in [1.82, 2.24) is 0 Å². The fraction of sp³-hybridized carbons (Fsp3) is 0.462. The molecule has 96 valence electrons. The van der Waals surface area contributed by atoms with Crippen molar-refractivity contribution >= 4 is 23.7 Å². The summed E-state index contributed by atoms with van der Waals surface area (Å²) < 4.78 is 0. The number of aldehydes is 1. The van der Waals surface area contributed by atoms with Crippen LogP contribution in [0.3, 0.4) is 0 Å². The monoisotopic (exact) mass is 265 g/mol. The Kier molecular flexibility index (Phi) is 4.36. The second kappa shape index (κ2) is 6.00. The van der Waals surface area contributed by atoms with Crippen molar-refractivity contribution in [3.63, 3.8) is 0 Å². The van der Waals surface area contributed by atoms with Gasteiger partial charge in [0, 0.05) is 16.2 Å². The molecule has 2 rings (SSSR count). The standard InChI is InChI=1S/C13H15NO3S/c15-9-10-8-12(6-7-13(10)14(16)17)18-11-4-2-1-3-5-11/h6-9,11H,1-5H2. The van der Waals surface area contributed by atoms with E-state index in [0.29, 0.717) is 11.5 Å². The summed E-state index contributed by atoms with van der Waals surface area (Å²) in [6.07, 6.45) is 6.76. The van der Waals surface area contributed by atoms with Gasteiger partial charge in [-0.15, -0.1) is 11.8 Å². The van der Waals surface area contributed by atoms with Gasteiger partial charge >= 0.3 is 0 Å². The first-order valence-electron chi connectivity index (χ1n) is 6.11. The summed E-state index contributed by atoms with van der Waals surface area (Å²) in [4.78, 5) is 22.0. The first kappa shape index (κ1) is 13.1. The van der Waals surface area contributed by atoms with Crippen LogP contribution in [0.4, 0.5) is 5.69 Å². The highest BCUT2D eigenvalue weighted by atomic mass is 32.2. The van der Waals surface area contributed by atoms with Crippen molar-refractivity contribution in [2.45, 2.75) is 42.2 Å². The van der Waals surface area contributed by atoms with Gasteiger partial charge in [0.05, 0.1) is 10.5 Å². The average molecular weight is 265 g/mol. The smallest absolute Gasteiger partial charge is 0.279 e. The Morgan fingerprint density at radius 3 is 2.61 bits per heavy atom. The lowest BCUT2D eigenvalue weighted by molar-refractivity contribution is -0.385. The van der Waals surface area contributed by atoms with E-state index in [4.69, 9.17) is 0 Å². The first-order chi connectivity index (χ1) is 8.70. The number of hydrogen-bond donors (Lipinski definition) is 0. The molecular weight excluding hydrogens is 250 g/mol. The molecule has 1 aliphatic rings. The van der Waals surface area contributed by atoms with Crippen LogP contribution in [0.15, 0.2) is 23.1 Å². The predicted molar refractivity (Wildman–Crippen MR) is 71.2 cm³/mol. The van der Waals surface area contributed by atoms with Crippen molar-refractivity contribution in [2.75, 3.05) is 0 Å². The molecule has 0 unspecified atom stereocenters. The fourth-order valence-electron chi connectivity index (χ4n) is 2.24. The van der Waals surface area contributed by atoms with Crippen LogP contribution in [0, 0.1) is 10.1 Å². The van der Waals surface area contributed by atoms with Gasteiger partial charge in [0.2, 0.25) is 0 Å². The van der Waals surface area contributed by atoms with Crippen LogP contribution >= 0.6 is 11.8 Å². The van der Waals surface area contributed by atoms with Crippen LogP contribution in [0.25, 0.3) is 0 Å². The molecule has 1 aromatic carbocycles. The Hall–Kier alpha value is -1.36. The van der Waals surface area contributed by atoms with E-state index in [-0.39, 0.29) is 11.3 Å². The topological polar surface area (TPSA) is 60.2 Å². The number of nitrogens with zero attached hydrogens (tertiary/aromatic N) is 1. The minimum atomic E-state index is -0.515. The van der Waals surface area contributed by atoms with Crippen LogP contribution in [-0.4, -0.2) is 16.5 Å². The van der Waals surface area contributed by atoms with Gasteiger partial charge in [0.25, 0.3) is 5.69 Å². The van der Waals surface area contributed by atoms with Gasteiger partial charge in [-0.1, -0.05) is 19.3 Å². The van der Waals surface area contributed by atoms with Crippen LogP contribution < -0.4 is 0 Å². The van der Waals surface area contributed by atoms with E-state index in [1.54, 1.807) is 23.9 Å². The number of hydrogen-bond acceptors (Lipinski definition) is 4. The Labute approximate surface area is 110 Å². The molecule has 1 fully saturated rings. The Balaban J connectivity index is 2.13. The number of carbonyl (C=O) groups is 1. The van der Waals surface area contributed by atoms with Gasteiger partial charge in [0.1, 0.15) is 0 Å². The molecule has 0 radical (unpaired) electrons. The van der Waals surface area contributed by atoms with Crippen molar-refractivity contribution in [3.8, 4) is 0 Å². The molecule has 1 aliphatic carbocycles. The van der Waals surface area contributed by atoms with E-state index < -0.39 is 4.92 Å². The summed E-state index contributed by atoms with van der Waals surface area (Å²) in [5.74, 6) is 0. The van der Waals surface area contributed by atoms with Gasteiger partial charge in [-0.3, -0.25) is 14.9 Å². The van der Waals surface area contributed by atoms with E-state index in [1.807, 2.05) is 0 Å². The van der Waals surface area contributed by atoms with E-state index in [0.717, 1.165) is 4.90 Å². The van der Waals surface area contributed by atoms with Crippen molar-refractivity contribution < 1.29 is 9.72 Å². The molecule has 0 amide bonds. The molecule has 0 saturated heterocycles. The summed E-state index contributed by atoms with van der Waals surface area (Å²) in [6, 6.07) is 4.80. The molecule has 4 nitrogen and oxygen atoms in total. The number of nitro groups is 1. The molecule has 0 aromatic heterocycles. The number of carbonyl (C=O) groups excluding carboxylic acids is 1. The number of nitro benzene ring substituents is 1. The Bertz CT molecular complexity index is 456. The maximum absolute atomic E-state index is 10.9. The molecule has 18 heavy (non-hydrogen) atoms. The average Bonchev–Trinajstić information content (AvgIpc) is 2.39. The van der Waals surface area contributed by atoms with Crippen LogP contribution in [-0.2, 0) is 0 Å². The van der Waals surface area contributed by atoms with Crippen molar-refractivity contribution in [2.24, 2.45) is 0 Å². The predicted octanol–water partition coefficient (Wildman–Crippen LogP) is 3.83. The zero-order valence-electron chi connectivity index (χ0n) is 10.0. The van der Waals surface area contributed by atoms with Crippen LogP contribution in [0.1, 0.15) is 42.5 Å². The summed E-state index contributed by atoms with van der Waals surface area (Å²) >= 11 is 1.73. The van der Waals surface area contributed by atoms with Gasteiger partial charge in [-0.2, -0.15) is 0 Å². The summed E-state index contributed by atoms with van der Waals surface area (Å²) in [5, 5.41) is 11.3. The lowest BCUT2D eigenvalue weighted by Crippen LogP contribution is -2.07. The van der Waals surface area contributed by atoms with Crippen molar-refractivity contribution in [3.05, 3.63) is 33.9 Å². The molecule has 0 heterocycles. The molecular formula is C13H15NO3S. The van der Waals surface area contributed by atoms with E-state index in [2.05, 4.69) is 0 Å². The zero-order valence-corrected chi connectivity index (χ0v) is 10.8. The van der Waals surface area contributed by atoms with Crippen LogP contribution in [0.5, 0.6) is 0 Å². The third kappa shape index (κ3) is 3.10. The van der Waals surface area contributed by atoms with Gasteiger partial charge in [0.15, 0.2) is 6.29 Å². The van der Waals surface area contributed by atoms with Crippen LogP contribution in [0.2, 0.25) is 0 Å². The fourth-order valence-corrected chi connectivity index (χ4v) is 3.54. The summed E-state index contributed by atoms with van der Waals surface area (Å²) in [5.41, 5.74) is 0.0544. The molecule has 0 N–H and O–H groups in total. The largest absolute Gasteiger partial charge is 0.298 e. The highest BCUT2D eigenvalue weighted by Crippen LogP contribution is 2.35. The Morgan fingerprint density at radius 2 is 2.00 bits per heavy atom. The summed E-state index contributed by atoms with van der Waals surface area (Å²) in [7, 11) is 0. The second-order valence-corrected chi connectivity index (χ2v) is 5.85. The normalized spacial score (nSPS) is 16.4. The van der Waals surface area contributed by atoms with E-state index in [1.165, 1.54) is 38.2 Å². The lowest BCUT2D eigenvalue weighted by Gasteiger charge is -2.20. The molecule has 0 atom stereocenters. The lowest BCUT2D eigenvalue weighted by atomic mass is 10.0. The molecule has 0 aliphatic heterocycles. The van der Waals surface area contributed by atoms with Gasteiger partial charge < -0.3 is 0 Å². The maximum atomic E-state index is 10.9. The molecule has 0 bridgehead atoms. The maximum Gasteiger partial charge on any atom is 0.279 e. The third-order valence-corrected chi connectivity index (χ3v) is 4.51. The minimum Gasteiger partial charge on any atom is -0.298 e. The molecule has 5 heteroatoms. The highest BCUT2D eigenvalue weighted by Gasteiger charge is 2.17. The van der Waals surface area contributed by atoms with Gasteiger partial charge in [-0.25, -0.2) is 0 Å². The Morgan fingerprint density at radius 1 is 1.28 bits per heavy atom. The van der Waals surface area contributed by atoms with Gasteiger partial charge in [-0.05, 0) is 25.0 Å². The first-order valence-corrected chi connectivity index (χ1v) is 6.99. The minimum absolute atomic E-state index is 0.113. The molecule has 1 aromatic rings.